The maximum atomic E-state index is 6.77. The molecule has 10 aromatic rings. The summed E-state index contributed by atoms with van der Waals surface area (Å²) in [6, 6.07) is 69.1. The summed E-state index contributed by atoms with van der Waals surface area (Å²) in [5.74, 6) is 0. The molecule has 1 aromatic heterocycles. The molecule has 2 aliphatic rings. The summed E-state index contributed by atoms with van der Waals surface area (Å²) in [5.41, 5.74) is 14.9. The predicted octanol–water partition coefficient (Wildman–Crippen LogP) is 13.7. The third kappa shape index (κ3) is 3.82. The molecule has 2 nitrogen and oxygen atoms in total. The van der Waals surface area contributed by atoms with Crippen molar-refractivity contribution in [2.75, 3.05) is 4.90 Å². The van der Waals surface area contributed by atoms with Crippen molar-refractivity contribution >= 4 is 60.5 Å². The second-order valence-corrected chi connectivity index (χ2v) is 14.4. The number of hydrogen-bond donors (Lipinski definition) is 0. The van der Waals surface area contributed by atoms with Gasteiger partial charge in [-0.05, 0) is 103 Å². The third-order valence-corrected chi connectivity index (χ3v) is 11.8. The number of fused-ring (bicyclic) bond motifs is 16. The summed E-state index contributed by atoms with van der Waals surface area (Å²) >= 11 is 0. The van der Waals surface area contributed by atoms with Crippen molar-refractivity contribution in [3.05, 3.63) is 210 Å². The first-order valence-corrected chi connectivity index (χ1v) is 18.3. The van der Waals surface area contributed by atoms with Gasteiger partial charge in [0.05, 0.1) is 5.41 Å². The Kier molecular flexibility index (Phi) is 5.73. The summed E-state index contributed by atoms with van der Waals surface area (Å²) in [5, 5.41) is 7.21. The Bertz CT molecular complexity index is 3070. The topological polar surface area (TPSA) is 16.4 Å². The van der Waals surface area contributed by atoms with Gasteiger partial charge in [-0.1, -0.05) is 146 Å². The molecule has 2 aliphatic carbocycles. The Morgan fingerprint density at radius 1 is 0.358 bits per heavy atom. The van der Waals surface area contributed by atoms with Crippen LogP contribution in [0, 0.1) is 0 Å². The molecule has 53 heavy (non-hydrogen) atoms. The second-order valence-electron chi connectivity index (χ2n) is 14.4. The number of benzene rings is 9. The van der Waals surface area contributed by atoms with Crippen LogP contribution < -0.4 is 4.90 Å². The van der Waals surface area contributed by atoms with Gasteiger partial charge in [-0.2, -0.15) is 0 Å². The Hall–Kier alpha value is -6.90. The fourth-order valence-corrected chi connectivity index (χ4v) is 9.61. The minimum atomic E-state index is -0.514. The molecule has 1 heterocycles. The lowest BCUT2D eigenvalue weighted by Crippen LogP contribution is -2.26. The number of anilines is 3. The highest BCUT2D eigenvalue weighted by Crippen LogP contribution is 2.64. The lowest BCUT2D eigenvalue weighted by molar-refractivity contribution is 0.669. The maximum absolute atomic E-state index is 6.77. The summed E-state index contributed by atoms with van der Waals surface area (Å²) in [6.07, 6.45) is 0. The van der Waals surface area contributed by atoms with Crippen molar-refractivity contribution in [3.8, 4) is 22.3 Å². The zero-order valence-corrected chi connectivity index (χ0v) is 28.8. The molecule has 0 amide bonds. The van der Waals surface area contributed by atoms with Crippen molar-refractivity contribution in [2.24, 2.45) is 0 Å². The standard InChI is InChI=1S/C51H31NO/c1-3-13-34-29-36(23-21-32(34)11-1)52(37-24-22-33-12-2-4-14-35(33)30-37)38-25-26-40-39-15-5-8-18-44(39)51(47(40)31-38)45-19-9-6-17-43(45)49-46(51)28-27-42-41-16-7-10-20-48(41)53-50(42)49/h1-31H. The largest absolute Gasteiger partial charge is 0.455 e. The van der Waals surface area contributed by atoms with Crippen LogP contribution in [0.2, 0.25) is 0 Å². The van der Waals surface area contributed by atoms with E-state index in [1.54, 1.807) is 0 Å². The van der Waals surface area contributed by atoms with E-state index in [9.17, 15) is 0 Å². The van der Waals surface area contributed by atoms with E-state index in [4.69, 9.17) is 4.42 Å². The highest BCUT2D eigenvalue weighted by molar-refractivity contribution is 6.13. The van der Waals surface area contributed by atoms with E-state index in [-0.39, 0.29) is 0 Å². The predicted molar refractivity (Wildman–Crippen MR) is 220 cm³/mol. The molecule has 0 N–H and O–H groups in total. The van der Waals surface area contributed by atoms with Crippen molar-refractivity contribution in [1.82, 2.24) is 0 Å². The van der Waals surface area contributed by atoms with Gasteiger partial charge in [0.25, 0.3) is 0 Å². The first-order chi connectivity index (χ1) is 26.3. The van der Waals surface area contributed by atoms with E-state index in [1.807, 2.05) is 0 Å². The molecule has 0 bridgehead atoms. The van der Waals surface area contributed by atoms with Gasteiger partial charge in [0.15, 0.2) is 0 Å². The molecule has 246 valence electrons. The van der Waals surface area contributed by atoms with Crippen molar-refractivity contribution in [1.29, 1.82) is 0 Å². The SMILES string of the molecule is c1ccc2c(c1)-c1ccc(N(c3ccc4ccccc4c3)c3ccc4ccccc4c3)cc1C21c2ccccc2-c2c1ccc1c2oc2ccccc21. The second kappa shape index (κ2) is 10.6. The Morgan fingerprint density at radius 3 is 1.64 bits per heavy atom. The van der Waals surface area contributed by atoms with Crippen molar-refractivity contribution in [2.45, 2.75) is 5.41 Å². The average molecular weight is 674 g/mol. The smallest absolute Gasteiger partial charge is 0.143 e. The van der Waals surface area contributed by atoms with Crippen LogP contribution in [0.3, 0.4) is 0 Å². The number of hydrogen-bond acceptors (Lipinski definition) is 2. The molecule has 2 heteroatoms. The van der Waals surface area contributed by atoms with Gasteiger partial charge in [-0.25, -0.2) is 0 Å². The van der Waals surface area contributed by atoms with Crippen LogP contribution in [0.4, 0.5) is 17.1 Å². The molecular formula is C51H31NO. The monoisotopic (exact) mass is 673 g/mol. The minimum Gasteiger partial charge on any atom is -0.455 e. The molecule has 12 rings (SSSR count). The van der Waals surface area contributed by atoms with Crippen LogP contribution in [-0.4, -0.2) is 0 Å². The lowest BCUT2D eigenvalue weighted by Gasteiger charge is -2.32. The first kappa shape index (κ1) is 28.8. The number of furan rings is 1. The van der Waals surface area contributed by atoms with Crippen LogP contribution in [0.1, 0.15) is 22.3 Å². The van der Waals surface area contributed by atoms with Gasteiger partial charge < -0.3 is 9.32 Å². The van der Waals surface area contributed by atoms with E-state index in [2.05, 4.69) is 193 Å². The normalized spacial score (nSPS) is 15.2. The minimum absolute atomic E-state index is 0.514. The van der Waals surface area contributed by atoms with Gasteiger partial charge in [0.1, 0.15) is 11.2 Å². The molecule has 0 fully saturated rings. The summed E-state index contributed by atoms with van der Waals surface area (Å²) in [4.78, 5) is 2.43. The fourth-order valence-electron chi connectivity index (χ4n) is 9.61. The Labute approximate surface area is 306 Å². The summed E-state index contributed by atoms with van der Waals surface area (Å²) in [7, 11) is 0. The lowest BCUT2D eigenvalue weighted by atomic mass is 9.70. The number of nitrogens with zero attached hydrogens (tertiary/aromatic N) is 1. The van der Waals surface area contributed by atoms with Gasteiger partial charge in [0, 0.05) is 33.4 Å². The molecule has 1 atom stereocenters. The van der Waals surface area contributed by atoms with Gasteiger partial charge in [-0.15, -0.1) is 0 Å². The first-order valence-electron chi connectivity index (χ1n) is 18.3. The zero-order chi connectivity index (χ0) is 34.7. The molecule has 0 saturated carbocycles. The van der Waals surface area contributed by atoms with Crippen LogP contribution >= 0.6 is 0 Å². The zero-order valence-electron chi connectivity index (χ0n) is 28.8. The van der Waals surface area contributed by atoms with Gasteiger partial charge in [-0.3, -0.25) is 0 Å². The number of rotatable bonds is 3. The van der Waals surface area contributed by atoms with Crippen LogP contribution in [0.5, 0.6) is 0 Å². The van der Waals surface area contributed by atoms with E-state index < -0.39 is 5.41 Å². The highest BCUT2D eigenvalue weighted by atomic mass is 16.3. The van der Waals surface area contributed by atoms with Gasteiger partial charge in [0.2, 0.25) is 0 Å². The van der Waals surface area contributed by atoms with Gasteiger partial charge >= 0.3 is 0 Å². The number of para-hydroxylation sites is 1. The van der Waals surface area contributed by atoms with Crippen molar-refractivity contribution in [3.63, 3.8) is 0 Å². The van der Waals surface area contributed by atoms with E-state index in [0.717, 1.165) is 39.0 Å². The van der Waals surface area contributed by atoms with Crippen LogP contribution in [-0.2, 0) is 5.41 Å². The third-order valence-electron chi connectivity index (χ3n) is 11.8. The fraction of sp³-hybridized carbons (Fsp3) is 0.0196. The van der Waals surface area contributed by atoms with E-state index >= 15 is 0 Å². The quantitative estimate of drug-likeness (QED) is 0.186. The molecular weight excluding hydrogens is 643 g/mol. The maximum Gasteiger partial charge on any atom is 0.143 e. The molecule has 9 aromatic carbocycles. The molecule has 0 aliphatic heterocycles. The molecule has 0 saturated heterocycles. The average Bonchev–Trinajstić information content (AvgIpc) is 3.85. The van der Waals surface area contributed by atoms with Crippen LogP contribution in [0.25, 0.3) is 65.7 Å². The summed E-state index contributed by atoms with van der Waals surface area (Å²) in [6.45, 7) is 0. The molecule has 1 unspecified atom stereocenters. The van der Waals surface area contributed by atoms with E-state index in [0.29, 0.717) is 0 Å². The molecule has 0 radical (unpaired) electrons. The van der Waals surface area contributed by atoms with E-state index in [1.165, 1.54) is 66.1 Å². The van der Waals surface area contributed by atoms with Crippen molar-refractivity contribution < 1.29 is 4.42 Å². The highest BCUT2D eigenvalue weighted by Gasteiger charge is 2.52. The summed E-state index contributed by atoms with van der Waals surface area (Å²) < 4.78 is 6.77. The Morgan fingerprint density at radius 2 is 0.906 bits per heavy atom. The van der Waals surface area contributed by atoms with Crippen LogP contribution in [0.15, 0.2) is 192 Å². The molecule has 1 spiro atoms. The Balaban J connectivity index is 1.16.